The van der Waals surface area contributed by atoms with Crippen LogP contribution in [0.25, 0.3) is 0 Å². The van der Waals surface area contributed by atoms with Crippen molar-refractivity contribution in [1.82, 2.24) is 0 Å². The van der Waals surface area contributed by atoms with Gasteiger partial charge in [-0.2, -0.15) is 11.8 Å². The number of thioether (sulfide) groups is 1. The normalized spacial score (nSPS) is 13.3. The summed E-state index contributed by atoms with van der Waals surface area (Å²) >= 11 is 2.04. The molecule has 0 aromatic rings. The van der Waals surface area contributed by atoms with Crippen molar-refractivity contribution in [2.24, 2.45) is 5.92 Å². The van der Waals surface area contributed by atoms with Gasteiger partial charge in [0.1, 0.15) is 0 Å². The molecule has 0 fully saturated rings. The summed E-state index contributed by atoms with van der Waals surface area (Å²) in [5.41, 5.74) is 1.43. The molecule has 0 aliphatic rings. The summed E-state index contributed by atoms with van der Waals surface area (Å²) in [6.45, 7) is 11.1. The highest BCUT2D eigenvalue weighted by Gasteiger charge is 2.08. The van der Waals surface area contributed by atoms with Crippen LogP contribution in [0.5, 0.6) is 0 Å². The Morgan fingerprint density at radius 2 is 1.91 bits per heavy atom. The van der Waals surface area contributed by atoms with E-state index >= 15 is 0 Å². The number of allylic oxidation sites excluding steroid dienone is 1. The molecule has 0 aliphatic carbocycles. The van der Waals surface area contributed by atoms with E-state index < -0.39 is 0 Å². The highest BCUT2D eigenvalue weighted by Crippen LogP contribution is 2.21. The van der Waals surface area contributed by atoms with Gasteiger partial charge in [0.2, 0.25) is 0 Å². The lowest BCUT2D eigenvalue weighted by atomic mass is 10.1. The molecule has 0 spiro atoms. The van der Waals surface area contributed by atoms with Gasteiger partial charge in [0, 0.05) is 5.25 Å². The lowest BCUT2D eigenvalue weighted by Crippen LogP contribution is -2.08. The molecule has 0 bridgehead atoms. The van der Waals surface area contributed by atoms with E-state index in [0.717, 1.165) is 5.92 Å². The van der Waals surface area contributed by atoms with E-state index in [4.69, 9.17) is 0 Å². The van der Waals surface area contributed by atoms with Gasteiger partial charge in [0.15, 0.2) is 0 Å². The first-order valence-corrected chi connectivity index (χ1v) is 5.39. The molecule has 66 valence electrons. The summed E-state index contributed by atoms with van der Waals surface area (Å²) < 4.78 is 0. The first kappa shape index (κ1) is 11.1. The van der Waals surface area contributed by atoms with E-state index in [1.165, 1.54) is 11.3 Å². The number of rotatable bonds is 4. The quantitative estimate of drug-likeness (QED) is 0.582. The SMILES string of the molecule is CCSC(C=C(C)C)C(C)C. The molecule has 0 aromatic heterocycles. The van der Waals surface area contributed by atoms with Gasteiger partial charge >= 0.3 is 0 Å². The van der Waals surface area contributed by atoms with Crippen LogP contribution < -0.4 is 0 Å². The summed E-state index contributed by atoms with van der Waals surface area (Å²) in [7, 11) is 0. The highest BCUT2D eigenvalue weighted by molar-refractivity contribution is 8.00. The van der Waals surface area contributed by atoms with E-state index in [1.807, 2.05) is 11.8 Å². The Labute approximate surface area is 75.5 Å². The summed E-state index contributed by atoms with van der Waals surface area (Å²) in [6.07, 6.45) is 2.37. The summed E-state index contributed by atoms with van der Waals surface area (Å²) in [4.78, 5) is 0. The zero-order chi connectivity index (χ0) is 8.85. The van der Waals surface area contributed by atoms with Crippen LogP contribution in [0, 0.1) is 5.92 Å². The topological polar surface area (TPSA) is 0 Å². The van der Waals surface area contributed by atoms with Gasteiger partial charge in [-0.1, -0.05) is 32.4 Å². The second-order valence-electron chi connectivity index (χ2n) is 3.41. The second-order valence-corrected chi connectivity index (χ2v) is 4.86. The van der Waals surface area contributed by atoms with Crippen LogP contribution in [0.15, 0.2) is 11.6 Å². The van der Waals surface area contributed by atoms with Crippen molar-refractivity contribution in [3.05, 3.63) is 11.6 Å². The Morgan fingerprint density at radius 3 is 2.18 bits per heavy atom. The molecule has 11 heavy (non-hydrogen) atoms. The third-order valence-electron chi connectivity index (χ3n) is 1.51. The molecule has 0 radical (unpaired) electrons. The Kier molecular flexibility index (Phi) is 5.75. The first-order chi connectivity index (χ1) is 5.07. The lowest BCUT2D eigenvalue weighted by Gasteiger charge is -2.15. The smallest absolute Gasteiger partial charge is 0.0252 e. The van der Waals surface area contributed by atoms with Crippen molar-refractivity contribution >= 4 is 11.8 Å². The van der Waals surface area contributed by atoms with Gasteiger partial charge in [-0.3, -0.25) is 0 Å². The number of hydrogen-bond acceptors (Lipinski definition) is 1. The zero-order valence-corrected chi connectivity index (χ0v) is 9.16. The predicted octanol–water partition coefficient (Wildman–Crippen LogP) is 3.73. The monoisotopic (exact) mass is 172 g/mol. The highest BCUT2D eigenvalue weighted by atomic mass is 32.2. The molecule has 0 aliphatic heterocycles. The fourth-order valence-electron chi connectivity index (χ4n) is 0.954. The minimum absolute atomic E-state index is 0.713. The molecule has 0 heterocycles. The summed E-state index contributed by atoms with van der Waals surface area (Å²) in [6, 6.07) is 0. The van der Waals surface area contributed by atoms with Gasteiger partial charge in [-0.15, -0.1) is 0 Å². The van der Waals surface area contributed by atoms with Gasteiger partial charge in [-0.05, 0) is 25.5 Å². The number of hydrogen-bond donors (Lipinski definition) is 0. The maximum atomic E-state index is 2.37. The molecule has 0 amide bonds. The van der Waals surface area contributed by atoms with Crippen molar-refractivity contribution in [3.63, 3.8) is 0 Å². The van der Waals surface area contributed by atoms with E-state index in [9.17, 15) is 0 Å². The van der Waals surface area contributed by atoms with Crippen LogP contribution >= 0.6 is 11.8 Å². The molecule has 0 aromatic carbocycles. The maximum absolute atomic E-state index is 2.37. The van der Waals surface area contributed by atoms with E-state index in [2.05, 4.69) is 40.7 Å². The van der Waals surface area contributed by atoms with Gasteiger partial charge < -0.3 is 0 Å². The molecule has 0 saturated heterocycles. The Hall–Kier alpha value is 0.0900. The second kappa shape index (κ2) is 5.70. The van der Waals surface area contributed by atoms with Crippen molar-refractivity contribution in [2.75, 3.05) is 5.75 Å². The largest absolute Gasteiger partial charge is 0.154 e. The summed E-state index contributed by atoms with van der Waals surface area (Å²) in [5.74, 6) is 1.97. The molecular weight excluding hydrogens is 152 g/mol. The lowest BCUT2D eigenvalue weighted by molar-refractivity contribution is 0.676. The Bertz CT molecular complexity index is 121. The van der Waals surface area contributed by atoms with E-state index in [-0.39, 0.29) is 0 Å². The Balaban J connectivity index is 4.00. The van der Waals surface area contributed by atoms with Crippen LogP contribution in [0.4, 0.5) is 0 Å². The average Bonchev–Trinajstić information content (AvgIpc) is 1.86. The van der Waals surface area contributed by atoms with E-state index in [0.29, 0.717) is 5.25 Å². The molecule has 1 unspecified atom stereocenters. The van der Waals surface area contributed by atoms with Crippen LogP contribution in [-0.2, 0) is 0 Å². The van der Waals surface area contributed by atoms with Crippen molar-refractivity contribution in [3.8, 4) is 0 Å². The van der Waals surface area contributed by atoms with E-state index in [1.54, 1.807) is 0 Å². The maximum Gasteiger partial charge on any atom is 0.0252 e. The third kappa shape index (κ3) is 5.37. The zero-order valence-electron chi connectivity index (χ0n) is 8.35. The van der Waals surface area contributed by atoms with Gasteiger partial charge in [-0.25, -0.2) is 0 Å². The van der Waals surface area contributed by atoms with Gasteiger partial charge in [0.05, 0.1) is 0 Å². The summed E-state index contributed by atoms with van der Waals surface area (Å²) in [5, 5.41) is 0.713. The minimum Gasteiger partial charge on any atom is -0.154 e. The van der Waals surface area contributed by atoms with Crippen molar-refractivity contribution in [1.29, 1.82) is 0 Å². The predicted molar refractivity (Wildman–Crippen MR) is 56.2 cm³/mol. The molecule has 0 nitrogen and oxygen atoms in total. The minimum atomic E-state index is 0.713. The average molecular weight is 172 g/mol. The third-order valence-corrected chi connectivity index (χ3v) is 2.91. The van der Waals surface area contributed by atoms with Crippen molar-refractivity contribution in [2.45, 2.75) is 39.9 Å². The molecular formula is C10H20S. The van der Waals surface area contributed by atoms with Gasteiger partial charge in [0.25, 0.3) is 0 Å². The van der Waals surface area contributed by atoms with Crippen LogP contribution in [0.2, 0.25) is 0 Å². The standard InChI is InChI=1S/C10H20S/c1-6-11-10(9(4)5)7-8(2)3/h7,9-10H,6H2,1-5H3. The van der Waals surface area contributed by atoms with Crippen LogP contribution in [-0.4, -0.2) is 11.0 Å². The van der Waals surface area contributed by atoms with Crippen molar-refractivity contribution < 1.29 is 0 Å². The molecule has 1 heteroatoms. The Morgan fingerprint density at radius 1 is 1.36 bits per heavy atom. The van der Waals surface area contributed by atoms with Crippen LogP contribution in [0.1, 0.15) is 34.6 Å². The van der Waals surface area contributed by atoms with Crippen LogP contribution in [0.3, 0.4) is 0 Å². The molecule has 0 saturated carbocycles. The molecule has 1 atom stereocenters. The molecule has 0 N–H and O–H groups in total. The first-order valence-electron chi connectivity index (χ1n) is 4.34. The fourth-order valence-corrected chi connectivity index (χ4v) is 2.09. The molecule has 0 rings (SSSR count). The fraction of sp³-hybridized carbons (Fsp3) is 0.800.